The van der Waals surface area contributed by atoms with Gasteiger partial charge in [-0.3, -0.25) is 4.79 Å². The average molecular weight is 297 g/mol. The molecule has 1 atom stereocenters. The number of nitrogens with one attached hydrogen (secondary N) is 2. The zero-order chi connectivity index (χ0) is 15.7. The van der Waals surface area contributed by atoms with Crippen molar-refractivity contribution >= 4 is 12.0 Å². The lowest BCUT2D eigenvalue weighted by atomic mass is 9.88. The first-order chi connectivity index (χ1) is 9.99. The fourth-order valence-corrected chi connectivity index (χ4v) is 2.05. The second kappa shape index (κ2) is 8.99. The lowest BCUT2D eigenvalue weighted by Gasteiger charge is -2.20. The van der Waals surface area contributed by atoms with E-state index in [2.05, 4.69) is 29.6 Å². The number of rotatable bonds is 9. The third-order valence-corrected chi connectivity index (χ3v) is 3.39. The molecule has 0 aliphatic rings. The molecule has 0 saturated heterocycles. The first kappa shape index (κ1) is 17.0. The SMILES string of the molecule is CC(C)C(CCNC(=O)NCc1ccno1)CCC(=O)O. The highest BCUT2D eigenvalue weighted by atomic mass is 16.5. The summed E-state index contributed by atoms with van der Waals surface area (Å²) in [4.78, 5) is 22.2. The smallest absolute Gasteiger partial charge is 0.315 e. The Hall–Kier alpha value is -2.05. The van der Waals surface area contributed by atoms with E-state index in [0.29, 0.717) is 31.2 Å². The molecule has 0 bridgehead atoms. The molecule has 7 heteroatoms. The van der Waals surface area contributed by atoms with Crippen LogP contribution in [0.5, 0.6) is 0 Å². The van der Waals surface area contributed by atoms with Gasteiger partial charge in [-0.25, -0.2) is 4.79 Å². The van der Waals surface area contributed by atoms with Gasteiger partial charge in [-0.15, -0.1) is 0 Å². The predicted molar refractivity (Wildman–Crippen MR) is 76.6 cm³/mol. The maximum atomic E-state index is 11.6. The standard InChI is InChI=1S/C14H23N3O4/c1-10(2)11(3-4-13(18)19)5-7-15-14(20)16-9-12-6-8-17-21-12/h6,8,10-11H,3-5,7,9H2,1-2H3,(H,18,19)(H2,15,16,20). The molecule has 0 radical (unpaired) electrons. The summed E-state index contributed by atoms with van der Waals surface area (Å²) in [6.07, 6.45) is 3.08. The summed E-state index contributed by atoms with van der Waals surface area (Å²) in [5.41, 5.74) is 0. The van der Waals surface area contributed by atoms with Gasteiger partial charge in [-0.05, 0) is 24.7 Å². The fourth-order valence-electron chi connectivity index (χ4n) is 2.05. The van der Waals surface area contributed by atoms with E-state index in [1.165, 1.54) is 6.20 Å². The molecule has 21 heavy (non-hydrogen) atoms. The molecule has 0 aromatic carbocycles. The summed E-state index contributed by atoms with van der Waals surface area (Å²) >= 11 is 0. The second-order valence-corrected chi connectivity index (χ2v) is 5.31. The molecule has 0 aliphatic heterocycles. The Bertz CT molecular complexity index is 431. The van der Waals surface area contributed by atoms with Crippen LogP contribution in [0.15, 0.2) is 16.8 Å². The van der Waals surface area contributed by atoms with Gasteiger partial charge in [0, 0.05) is 19.0 Å². The van der Waals surface area contributed by atoms with Crippen LogP contribution in [0.2, 0.25) is 0 Å². The predicted octanol–water partition coefficient (Wildman–Crippen LogP) is 2.00. The summed E-state index contributed by atoms with van der Waals surface area (Å²) < 4.78 is 4.86. The van der Waals surface area contributed by atoms with E-state index in [1.807, 2.05) is 0 Å². The van der Waals surface area contributed by atoms with Crippen molar-refractivity contribution < 1.29 is 19.2 Å². The minimum atomic E-state index is -0.779. The topological polar surface area (TPSA) is 104 Å². The number of amides is 2. The lowest BCUT2D eigenvalue weighted by Crippen LogP contribution is -2.36. The molecule has 1 aromatic rings. The van der Waals surface area contributed by atoms with E-state index in [9.17, 15) is 9.59 Å². The number of nitrogens with zero attached hydrogens (tertiary/aromatic N) is 1. The number of carbonyl (C=O) groups excluding carboxylic acids is 1. The largest absolute Gasteiger partial charge is 0.481 e. The molecule has 0 aliphatic carbocycles. The molecule has 7 nitrogen and oxygen atoms in total. The van der Waals surface area contributed by atoms with Gasteiger partial charge in [0.05, 0.1) is 12.7 Å². The van der Waals surface area contributed by atoms with Crippen LogP contribution >= 0.6 is 0 Å². The van der Waals surface area contributed by atoms with Crippen LogP contribution in [0.3, 0.4) is 0 Å². The lowest BCUT2D eigenvalue weighted by molar-refractivity contribution is -0.137. The number of hydrogen-bond acceptors (Lipinski definition) is 4. The monoisotopic (exact) mass is 297 g/mol. The summed E-state index contributed by atoms with van der Waals surface area (Å²) in [6.45, 7) is 4.94. The Morgan fingerprint density at radius 3 is 2.67 bits per heavy atom. The van der Waals surface area contributed by atoms with Crippen LogP contribution in [0, 0.1) is 11.8 Å². The third-order valence-electron chi connectivity index (χ3n) is 3.39. The molecule has 1 heterocycles. The zero-order valence-electron chi connectivity index (χ0n) is 12.5. The van der Waals surface area contributed by atoms with Gasteiger partial charge in [0.25, 0.3) is 0 Å². The van der Waals surface area contributed by atoms with Gasteiger partial charge in [0.2, 0.25) is 0 Å². The molecular formula is C14H23N3O4. The van der Waals surface area contributed by atoms with Crippen molar-refractivity contribution in [3.05, 3.63) is 18.0 Å². The van der Waals surface area contributed by atoms with Crippen molar-refractivity contribution in [1.82, 2.24) is 15.8 Å². The molecule has 0 saturated carbocycles. The average Bonchev–Trinajstić information content (AvgIpc) is 2.92. The van der Waals surface area contributed by atoms with Gasteiger partial charge in [-0.1, -0.05) is 19.0 Å². The van der Waals surface area contributed by atoms with Crippen molar-refractivity contribution in [1.29, 1.82) is 0 Å². The van der Waals surface area contributed by atoms with E-state index in [0.717, 1.165) is 6.42 Å². The van der Waals surface area contributed by atoms with Crippen molar-refractivity contribution in [3.63, 3.8) is 0 Å². The van der Waals surface area contributed by atoms with E-state index in [4.69, 9.17) is 9.63 Å². The summed E-state index contributed by atoms with van der Waals surface area (Å²) in [6, 6.07) is 1.41. The summed E-state index contributed by atoms with van der Waals surface area (Å²) in [7, 11) is 0. The Kier molecular flexibility index (Phi) is 7.28. The molecule has 0 fully saturated rings. The second-order valence-electron chi connectivity index (χ2n) is 5.31. The van der Waals surface area contributed by atoms with Crippen molar-refractivity contribution in [3.8, 4) is 0 Å². The Morgan fingerprint density at radius 1 is 1.33 bits per heavy atom. The maximum absolute atomic E-state index is 11.6. The normalized spacial score (nSPS) is 12.1. The van der Waals surface area contributed by atoms with Crippen LogP contribution in [0.25, 0.3) is 0 Å². The molecule has 3 N–H and O–H groups in total. The van der Waals surface area contributed by atoms with Crippen LogP contribution in [-0.2, 0) is 11.3 Å². The van der Waals surface area contributed by atoms with E-state index >= 15 is 0 Å². The first-order valence-electron chi connectivity index (χ1n) is 7.12. The molecule has 1 aromatic heterocycles. The van der Waals surface area contributed by atoms with Gasteiger partial charge in [-0.2, -0.15) is 0 Å². The van der Waals surface area contributed by atoms with Crippen molar-refractivity contribution in [2.24, 2.45) is 11.8 Å². The number of aromatic nitrogens is 1. The number of carboxylic acids is 1. The van der Waals surface area contributed by atoms with Crippen molar-refractivity contribution in [2.45, 2.75) is 39.7 Å². The minimum absolute atomic E-state index is 0.167. The Morgan fingerprint density at radius 2 is 2.10 bits per heavy atom. The molecule has 1 rings (SSSR count). The number of aliphatic carboxylic acids is 1. The van der Waals surface area contributed by atoms with Crippen molar-refractivity contribution in [2.75, 3.05) is 6.54 Å². The van der Waals surface area contributed by atoms with Crippen LogP contribution in [-0.4, -0.2) is 28.8 Å². The van der Waals surface area contributed by atoms with Crippen LogP contribution in [0.1, 0.15) is 38.9 Å². The highest BCUT2D eigenvalue weighted by Gasteiger charge is 2.15. The Balaban J connectivity index is 2.20. The quantitative estimate of drug-likeness (QED) is 0.646. The van der Waals surface area contributed by atoms with E-state index in [1.54, 1.807) is 6.07 Å². The van der Waals surface area contributed by atoms with E-state index < -0.39 is 5.97 Å². The van der Waals surface area contributed by atoms with Crippen LogP contribution < -0.4 is 10.6 Å². The molecule has 118 valence electrons. The zero-order valence-corrected chi connectivity index (χ0v) is 12.5. The van der Waals surface area contributed by atoms with Gasteiger partial charge in [0.1, 0.15) is 0 Å². The number of carbonyl (C=O) groups is 2. The fraction of sp³-hybridized carbons (Fsp3) is 0.643. The van der Waals surface area contributed by atoms with Gasteiger partial charge >= 0.3 is 12.0 Å². The maximum Gasteiger partial charge on any atom is 0.315 e. The number of carboxylic acid groups (broad SMARTS) is 1. The highest BCUT2D eigenvalue weighted by molar-refractivity contribution is 5.73. The minimum Gasteiger partial charge on any atom is -0.481 e. The van der Waals surface area contributed by atoms with E-state index in [-0.39, 0.29) is 18.4 Å². The van der Waals surface area contributed by atoms with Crippen LogP contribution in [0.4, 0.5) is 4.79 Å². The molecule has 1 unspecified atom stereocenters. The number of urea groups is 1. The first-order valence-corrected chi connectivity index (χ1v) is 7.12. The number of hydrogen-bond donors (Lipinski definition) is 3. The third kappa shape index (κ3) is 7.34. The van der Waals surface area contributed by atoms with Gasteiger partial charge in [0.15, 0.2) is 5.76 Å². The Labute approximate surface area is 124 Å². The molecule has 0 spiro atoms. The highest BCUT2D eigenvalue weighted by Crippen LogP contribution is 2.20. The molecular weight excluding hydrogens is 274 g/mol. The summed E-state index contributed by atoms with van der Waals surface area (Å²) in [5, 5.41) is 17.7. The molecule has 2 amide bonds. The summed E-state index contributed by atoms with van der Waals surface area (Å²) in [5.74, 6) is 0.490. The van der Waals surface area contributed by atoms with Gasteiger partial charge < -0.3 is 20.3 Å².